The van der Waals surface area contributed by atoms with E-state index in [1.165, 1.54) is 0 Å². The lowest BCUT2D eigenvalue weighted by molar-refractivity contribution is 0.0268. The Morgan fingerprint density at radius 3 is 2.68 bits per heavy atom. The summed E-state index contributed by atoms with van der Waals surface area (Å²) in [5.41, 5.74) is 1.05. The first kappa shape index (κ1) is 18.1. The van der Waals surface area contributed by atoms with E-state index in [9.17, 15) is 4.79 Å². The number of hydrogen-bond acceptors (Lipinski definition) is 5. The zero-order valence-corrected chi connectivity index (χ0v) is 15.6. The van der Waals surface area contributed by atoms with Crippen molar-refractivity contribution in [1.29, 1.82) is 0 Å². The fourth-order valence-corrected chi connectivity index (χ4v) is 3.82. The summed E-state index contributed by atoms with van der Waals surface area (Å²) in [5.74, 6) is 0.910. The minimum absolute atomic E-state index is 0.219. The third-order valence-corrected chi connectivity index (χ3v) is 5.42. The van der Waals surface area contributed by atoms with Crippen molar-refractivity contribution in [2.45, 2.75) is 45.7 Å². The number of aryl methyl sites for hydroxylation is 1. The van der Waals surface area contributed by atoms with Gasteiger partial charge in [-0.1, -0.05) is 6.07 Å². The predicted octanol–water partition coefficient (Wildman–Crippen LogP) is 2.28. The molecule has 6 heteroatoms. The molecular formula is C19H30N4O2. The summed E-state index contributed by atoms with van der Waals surface area (Å²) in [6, 6.07) is 4.39. The fourth-order valence-electron chi connectivity index (χ4n) is 3.82. The first-order valence-electron chi connectivity index (χ1n) is 9.40. The SMILES string of the molecule is Cc1ccc(OC(=O)N2CCN(C(C)C)CC2C2CCNCC2)nc1. The highest BCUT2D eigenvalue weighted by Gasteiger charge is 2.37. The van der Waals surface area contributed by atoms with Crippen LogP contribution >= 0.6 is 0 Å². The minimum Gasteiger partial charge on any atom is -0.391 e. The summed E-state index contributed by atoms with van der Waals surface area (Å²) in [6.07, 6.45) is 3.69. The molecule has 1 aromatic rings. The van der Waals surface area contributed by atoms with E-state index < -0.39 is 0 Å². The van der Waals surface area contributed by atoms with Crippen LogP contribution in [0.4, 0.5) is 4.79 Å². The zero-order chi connectivity index (χ0) is 17.8. The molecule has 0 radical (unpaired) electrons. The number of hydrogen-bond donors (Lipinski definition) is 1. The standard InChI is InChI=1S/C19H30N4O2/c1-14(2)22-10-11-23(17(13-22)16-6-8-20-9-7-16)19(24)25-18-5-4-15(3)12-21-18/h4-5,12,14,16-17,20H,6-11,13H2,1-3H3. The van der Waals surface area contributed by atoms with E-state index in [0.717, 1.165) is 51.1 Å². The van der Waals surface area contributed by atoms with Gasteiger partial charge in [0.2, 0.25) is 5.88 Å². The summed E-state index contributed by atoms with van der Waals surface area (Å²) in [4.78, 5) is 21.4. The fraction of sp³-hybridized carbons (Fsp3) is 0.684. The number of pyridine rings is 1. The molecule has 0 spiro atoms. The van der Waals surface area contributed by atoms with Crippen LogP contribution in [0.25, 0.3) is 0 Å². The molecule has 2 aliphatic heterocycles. The van der Waals surface area contributed by atoms with Gasteiger partial charge in [0.25, 0.3) is 0 Å². The van der Waals surface area contributed by atoms with E-state index in [4.69, 9.17) is 4.74 Å². The molecule has 0 saturated carbocycles. The van der Waals surface area contributed by atoms with Crippen molar-refractivity contribution in [3.05, 3.63) is 23.9 Å². The Balaban J connectivity index is 1.71. The average molecular weight is 346 g/mol. The third-order valence-electron chi connectivity index (χ3n) is 5.42. The van der Waals surface area contributed by atoms with Crippen molar-refractivity contribution in [3.8, 4) is 5.88 Å². The summed E-state index contributed by atoms with van der Waals surface area (Å²) >= 11 is 0. The van der Waals surface area contributed by atoms with Crippen LogP contribution in [0.15, 0.2) is 18.3 Å². The summed E-state index contributed by atoms with van der Waals surface area (Å²) < 4.78 is 5.57. The Morgan fingerprint density at radius 2 is 2.04 bits per heavy atom. The number of piperazine rings is 1. The molecule has 1 N–H and O–H groups in total. The van der Waals surface area contributed by atoms with Gasteiger partial charge >= 0.3 is 6.09 Å². The maximum atomic E-state index is 12.8. The molecule has 1 aromatic heterocycles. The monoisotopic (exact) mass is 346 g/mol. The number of carbonyl (C=O) groups excluding carboxylic acids is 1. The van der Waals surface area contributed by atoms with Crippen molar-refractivity contribution in [2.24, 2.45) is 5.92 Å². The molecule has 2 saturated heterocycles. The molecule has 1 amide bonds. The molecule has 2 fully saturated rings. The molecule has 0 bridgehead atoms. The quantitative estimate of drug-likeness (QED) is 0.910. The first-order chi connectivity index (χ1) is 12.0. The predicted molar refractivity (Wildman–Crippen MR) is 97.8 cm³/mol. The van der Waals surface area contributed by atoms with E-state index in [-0.39, 0.29) is 12.1 Å². The number of carbonyl (C=O) groups is 1. The third kappa shape index (κ3) is 4.50. The van der Waals surface area contributed by atoms with Gasteiger partial charge in [-0.3, -0.25) is 4.90 Å². The normalized spacial score (nSPS) is 23.0. The Kier molecular flexibility index (Phi) is 5.91. The van der Waals surface area contributed by atoms with Crippen LogP contribution in [-0.4, -0.2) is 65.7 Å². The Bertz CT molecular complexity index is 569. The van der Waals surface area contributed by atoms with Gasteiger partial charge in [0.05, 0.1) is 6.04 Å². The number of amides is 1. The lowest BCUT2D eigenvalue weighted by atomic mass is 9.87. The van der Waals surface area contributed by atoms with Crippen molar-refractivity contribution in [1.82, 2.24) is 20.1 Å². The van der Waals surface area contributed by atoms with Gasteiger partial charge in [-0.25, -0.2) is 9.78 Å². The number of piperidine rings is 1. The Morgan fingerprint density at radius 1 is 1.28 bits per heavy atom. The first-order valence-corrected chi connectivity index (χ1v) is 9.40. The van der Waals surface area contributed by atoms with Gasteiger partial charge in [-0.15, -0.1) is 0 Å². The second-order valence-corrected chi connectivity index (χ2v) is 7.48. The lowest BCUT2D eigenvalue weighted by Gasteiger charge is -2.46. The van der Waals surface area contributed by atoms with Crippen molar-refractivity contribution >= 4 is 6.09 Å². The smallest absolute Gasteiger partial charge is 0.391 e. The molecule has 2 aliphatic rings. The average Bonchev–Trinajstić information content (AvgIpc) is 2.63. The summed E-state index contributed by atoms with van der Waals surface area (Å²) in [5, 5.41) is 3.42. The van der Waals surface area contributed by atoms with Gasteiger partial charge in [-0.2, -0.15) is 0 Å². The topological polar surface area (TPSA) is 57.7 Å². The summed E-state index contributed by atoms with van der Waals surface area (Å²) in [6.45, 7) is 11.0. The van der Waals surface area contributed by atoms with E-state index in [2.05, 4.69) is 29.0 Å². The second-order valence-electron chi connectivity index (χ2n) is 7.48. The molecule has 0 aromatic carbocycles. The van der Waals surface area contributed by atoms with Crippen LogP contribution < -0.4 is 10.1 Å². The van der Waals surface area contributed by atoms with Crippen LogP contribution in [0.1, 0.15) is 32.3 Å². The Labute approximate surface area is 150 Å². The number of aromatic nitrogens is 1. The van der Waals surface area contributed by atoms with Gasteiger partial charge < -0.3 is 15.0 Å². The van der Waals surface area contributed by atoms with Crippen molar-refractivity contribution < 1.29 is 9.53 Å². The second kappa shape index (κ2) is 8.15. The van der Waals surface area contributed by atoms with E-state index >= 15 is 0 Å². The van der Waals surface area contributed by atoms with E-state index in [0.29, 0.717) is 17.8 Å². The van der Waals surface area contributed by atoms with Crippen LogP contribution in [-0.2, 0) is 0 Å². The van der Waals surface area contributed by atoms with Gasteiger partial charge in [0, 0.05) is 37.9 Å². The molecule has 25 heavy (non-hydrogen) atoms. The number of nitrogens with one attached hydrogen (secondary N) is 1. The van der Waals surface area contributed by atoms with Gasteiger partial charge in [0.15, 0.2) is 0 Å². The zero-order valence-electron chi connectivity index (χ0n) is 15.6. The minimum atomic E-state index is -0.261. The molecule has 138 valence electrons. The van der Waals surface area contributed by atoms with Crippen LogP contribution in [0.3, 0.4) is 0 Å². The molecule has 6 nitrogen and oxygen atoms in total. The van der Waals surface area contributed by atoms with E-state index in [1.54, 1.807) is 12.3 Å². The highest BCUT2D eigenvalue weighted by molar-refractivity contribution is 5.70. The molecule has 1 atom stereocenters. The maximum Gasteiger partial charge on any atom is 0.416 e. The molecule has 1 unspecified atom stereocenters. The molecular weight excluding hydrogens is 316 g/mol. The molecule has 3 heterocycles. The van der Waals surface area contributed by atoms with Gasteiger partial charge in [-0.05, 0) is 58.2 Å². The van der Waals surface area contributed by atoms with Crippen LogP contribution in [0.2, 0.25) is 0 Å². The number of nitrogens with zero attached hydrogens (tertiary/aromatic N) is 3. The number of rotatable bonds is 3. The number of ether oxygens (including phenoxy) is 1. The Hall–Kier alpha value is -1.66. The van der Waals surface area contributed by atoms with Crippen LogP contribution in [0.5, 0.6) is 5.88 Å². The van der Waals surface area contributed by atoms with Crippen molar-refractivity contribution in [3.63, 3.8) is 0 Å². The maximum absolute atomic E-state index is 12.8. The molecule has 0 aliphatic carbocycles. The van der Waals surface area contributed by atoms with E-state index in [1.807, 2.05) is 17.9 Å². The summed E-state index contributed by atoms with van der Waals surface area (Å²) in [7, 11) is 0. The van der Waals surface area contributed by atoms with Crippen LogP contribution in [0, 0.1) is 12.8 Å². The lowest BCUT2D eigenvalue weighted by Crippen LogP contribution is -2.60. The highest BCUT2D eigenvalue weighted by Crippen LogP contribution is 2.26. The largest absolute Gasteiger partial charge is 0.416 e. The highest BCUT2D eigenvalue weighted by atomic mass is 16.6. The van der Waals surface area contributed by atoms with Crippen molar-refractivity contribution in [2.75, 3.05) is 32.7 Å². The molecule has 3 rings (SSSR count). The van der Waals surface area contributed by atoms with Gasteiger partial charge in [0.1, 0.15) is 0 Å².